The molecule has 1 saturated heterocycles. The van der Waals surface area contributed by atoms with Crippen molar-refractivity contribution >= 4 is 0 Å². The molecular formula is C14H29NO. The Kier molecular flexibility index (Phi) is 4.42. The van der Waals surface area contributed by atoms with Crippen molar-refractivity contribution in [2.75, 3.05) is 13.1 Å². The topological polar surface area (TPSA) is 21.3 Å². The van der Waals surface area contributed by atoms with Crippen molar-refractivity contribution in [3.8, 4) is 0 Å². The monoisotopic (exact) mass is 227 g/mol. The van der Waals surface area contributed by atoms with E-state index in [4.69, 9.17) is 4.74 Å². The van der Waals surface area contributed by atoms with Crippen molar-refractivity contribution in [3.63, 3.8) is 0 Å². The smallest absolute Gasteiger partial charge is 0.0662 e. The molecule has 2 nitrogen and oxygen atoms in total. The van der Waals surface area contributed by atoms with Gasteiger partial charge in [0.15, 0.2) is 0 Å². The van der Waals surface area contributed by atoms with Crippen LogP contribution in [0.4, 0.5) is 0 Å². The fraction of sp³-hybridized carbons (Fsp3) is 1.00. The Hall–Kier alpha value is -0.0800. The lowest BCUT2D eigenvalue weighted by Gasteiger charge is -2.29. The maximum absolute atomic E-state index is 6.13. The molecule has 0 amide bonds. The molecule has 1 fully saturated rings. The number of ether oxygens (including phenoxy) is 1. The summed E-state index contributed by atoms with van der Waals surface area (Å²) in [5.41, 5.74) is 0.107. The first kappa shape index (κ1) is 14.0. The molecule has 0 aromatic rings. The Labute approximate surface area is 101 Å². The lowest BCUT2D eigenvalue weighted by molar-refractivity contribution is -0.0762. The molecular weight excluding hydrogens is 198 g/mol. The van der Waals surface area contributed by atoms with Crippen molar-refractivity contribution in [1.82, 2.24) is 5.32 Å². The second-order valence-electron chi connectivity index (χ2n) is 6.51. The van der Waals surface area contributed by atoms with Gasteiger partial charge in [-0.3, -0.25) is 0 Å². The molecule has 0 aromatic heterocycles. The standard InChI is InChI=1S/C14H29NO/c1-7-15-10-11(2)8-12-9-13(3,4)16-14(12,5)6/h11-12,15H,7-10H2,1-6H3. The summed E-state index contributed by atoms with van der Waals surface area (Å²) in [6, 6.07) is 0. The number of nitrogens with one attached hydrogen (secondary N) is 1. The Morgan fingerprint density at radius 3 is 2.38 bits per heavy atom. The zero-order valence-corrected chi connectivity index (χ0v) is 11.9. The minimum absolute atomic E-state index is 0.0456. The maximum Gasteiger partial charge on any atom is 0.0662 e. The largest absolute Gasteiger partial charge is 0.369 e. The van der Waals surface area contributed by atoms with Crippen LogP contribution in [0.5, 0.6) is 0 Å². The van der Waals surface area contributed by atoms with E-state index in [0.717, 1.165) is 19.0 Å². The van der Waals surface area contributed by atoms with Gasteiger partial charge in [0.25, 0.3) is 0 Å². The second kappa shape index (κ2) is 5.05. The van der Waals surface area contributed by atoms with Crippen LogP contribution in [0.3, 0.4) is 0 Å². The van der Waals surface area contributed by atoms with Crippen LogP contribution >= 0.6 is 0 Å². The lowest BCUT2D eigenvalue weighted by Crippen LogP contribution is -2.31. The van der Waals surface area contributed by atoms with E-state index in [0.29, 0.717) is 5.92 Å². The molecule has 0 spiro atoms. The summed E-state index contributed by atoms with van der Waals surface area (Å²) in [6.45, 7) is 15.6. The summed E-state index contributed by atoms with van der Waals surface area (Å²) < 4.78 is 6.13. The summed E-state index contributed by atoms with van der Waals surface area (Å²) in [5.74, 6) is 1.43. The zero-order chi connectivity index (χ0) is 12.4. The molecule has 1 aliphatic rings. The van der Waals surface area contributed by atoms with Crippen LogP contribution in [0.1, 0.15) is 54.4 Å². The predicted molar refractivity (Wildman–Crippen MR) is 69.7 cm³/mol. The molecule has 0 saturated carbocycles. The van der Waals surface area contributed by atoms with Crippen LogP contribution in [0.2, 0.25) is 0 Å². The van der Waals surface area contributed by atoms with E-state index < -0.39 is 0 Å². The zero-order valence-electron chi connectivity index (χ0n) is 11.9. The van der Waals surface area contributed by atoms with Crippen LogP contribution in [0.25, 0.3) is 0 Å². The first-order valence-corrected chi connectivity index (χ1v) is 6.68. The van der Waals surface area contributed by atoms with Gasteiger partial charge in [-0.25, -0.2) is 0 Å². The average molecular weight is 227 g/mol. The summed E-state index contributed by atoms with van der Waals surface area (Å²) in [6.07, 6.45) is 2.46. The highest BCUT2D eigenvalue weighted by molar-refractivity contribution is 4.94. The fourth-order valence-electron chi connectivity index (χ4n) is 3.00. The molecule has 2 atom stereocenters. The van der Waals surface area contributed by atoms with Gasteiger partial charge in [-0.1, -0.05) is 13.8 Å². The van der Waals surface area contributed by atoms with Crippen molar-refractivity contribution in [3.05, 3.63) is 0 Å². The minimum atomic E-state index is 0.0456. The first-order valence-electron chi connectivity index (χ1n) is 6.68. The van der Waals surface area contributed by atoms with Crippen LogP contribution in [0.15, 0.2) is 0 Å². The van der Waals surface area contributed by atoms with Crippen LogP contribution in [-0.4, -0.2) is 24.3 Å². The van der Waals surface area contributed by atoms with E-state index in [1.165, 1.54) is 12.8 Å². The highest BCUT2D eigenvalue weighted by Gasteiger charge is 2.45. The fourth-order valence-corrected chi connectivity index (χ4v) is 3.00. The van der Waals surface area contributed by atoms with Gasteiger partial charge in [0, 0.05) is 0 Å². The molecule has 2 heteroatoms. The van der Waals surface area contributed by atoms with Gasteiger partial charge in [0.1, 0.15) is 0 Å². The maximum atomic E-state index is 6.13. The predicted octanol–water partition coefficient (Wildman–Crippen LogP) is 3.22. The van der Waals surface area contributed by atoms with Gasteiger partial charge in [-0.15, -0.1) is 0 Å². The van der Waals surface area contributed by atoms with Gasteiger partial charge in [0.05, 0.1) is 11.2 Å². The SMILES string of the molecule is CCNCC(C)CC1CC(C)(C)OC1(C)C. The molecule has 0 aromatic carbocycles. The summed E-state index contributed by atoms with van der Waals surface area (Å²) in [5, 5.41) is 3.43. The van der Waals surface area contributed by atoms with E-state index in [-0.39, 0.29) is 11.2 Å². The number of hydrogen-bond acceptors (Lipinski definition) is 2. The van der Waals surface area contributed by atoms with E-state index in [1.807, 2.05) is 0 Å². The van der Waals surface area contributed by atoms with Gasteiger partial charge < -0.3 is 10.1 Å². The molecule has 1 rings (SSSR count). The van der Waals surface area contributed by atoms with Crippen LogP contribution in [0, 0.1) is 11.8 Å². The molecule has 0 radical (unpaired) electrons. The average Bonchev–Trinajstić information content (AvgIpc) is 2.31. The molecule has 1 N–H and O–H groups in total. The van der Waals surface area contributed by atoms with Crippen LogP contribution in [-0.2, 0) is 4.74 Å². The summed E-state index contributed by atoms with van der Waals surface area (Å²) in [4.78, 5) is 0. The molecule has 16 heavy (non-hydrogen) atoms. The third-order valence-electron chi connectivity index (χ3n) is 3.69. The normalized spacial score (nSPS) is 29.2. The van der Waals surface area contributed by atoms with Gasteiger partial charge in [0.2, 0.25) is 0 Å². The molecule has 1 heterocycles. The number of rotatable bonds is 5. The highest BCUT2D eigenvalue weighted by Crippen LogP contribution is 2.44. The van der Waals surface area contributed by atoms with Crippen molar-refractivity contribution in [1.29, 1.82) is 0 Å². The van der Waals surface area contributed by atoms with Crippen LogP contribution < -0.4 is 5.32 Å². The summed E-state index contributed by atoms with van der Waals surface area (Å²) >= 11 is 0. The Balaban J connectivity index is 2.48. The van der Waals surface area contributed by atoms with Crippen molar-refractivity contribution in [2.45, 2.75) is 65.6 Å². The summed E-state index contributed by atoms with van der Waals surface area (Å²) in [7, 11) is 0. The second-order valence-corrected chi connectivity index (χ2v) is 6.51. The minimum Gasteiger partial charge on any atom is -0.369 e. The molecule has 96 valence electrons. The first-order chi connectivity index (χ1) is 7.27. The third-order valence-corrected chi connectivity index (χ3v) is 3.69. The van der Waals surface area contributed by atoms with E-state index in [1.54, 1.807) is 0 Å². The lowest BCUT2D eigenvalue weighted by atomic mass is 9.81. The van der Waals surface area contributed by atoms with E-state index in [9.17, 15) is 0 Å². The third kappa shape index (κ3) is 3.74. The molecule has 0 bridgehead atoms. The van der Waals surface area contributed by atoms with E-state index in [2.05, 4.69) is 46.9 Å². The number of hydrogen-bond donors (Lipinski definition) is 1. The Bertz CT molecular complexity index is 223. The Morgan fingerprint density at radius 2 is 1.94 bits per heavy atom. The van der Waals surface area contributed by atoms with Crippen molar-refractivity contribution in [2.24, 2.45) is 11.8 Å². The van der Waals surface area contributed by atoms with Crippen molar-refractivity contribution < 1.29 is 4.74 Å². The quantitative estimate of drug-likeness (QED) is 0.778. The van der Waals surface area contributed by atoms with Gasteiger partial charge in [-0.2, -0.15) is 0 Å². The van der Waals surface area contributed by atoms with Gasteiger partial charge in [-0.05, 0) is 65.5 Å². The molecule has 2 unspecified atom stereocenters. The molecule has 0 aliphatic carbocycles. The highest BCUT2D eigenvalue weighted by atomic mass is 16.5. The Morgan fingerprint density at radius 1 is 1.31 bits per heavy atom. The van der Waals surface area contributed by atoms with E-state index >= 15 is 0 Å². The molecule has 1 aliphatic heterocycles. The van der Waals surface area contributed by atoms with Gasteiger partial charge >= 0.3 is 0 Å².